The predicted octanol–water partition coefficient (Wildman–Crippen LogP) is 2.73. The molecule has 19 heavy (non-hydrogen) atoms. The molecule has 2 aromatic rings. The van der Waals surface area contributed by atoms with Gasteiger partial charge in [0.25, 0.3) is 0 Å². The summed E-state index contributed by atoms with van der Waals surface area (Å²) in [7, 11) is 1.48. The number of ether oxygens (including phenoxy) is 1. The first-order valence-electron chi connectivity index (χ1n) is 5.79. The molecule has 2 rings (SSSR count). The smallest absolute Gasteiger partial charge is 0.322 e. The summed E-state index contributed by atoms with van der Waals surface area (Å²) in [4.78, 5) is 17.5. The first-order valence-corrected chi connectivity index (χ1v) is 6.98. The van der Waals surface area contributed by atoms with Crippen LogP contribution in [-0.4, -0.2) is 27.0 Å². The summed E-state index contributed by atoms with van der Waals surface area (Å²) in [5, 5.41) is 4.20. The number of methoxy groups -OCH3 is 1. The highest BCUT2D eigenvalue weighted by Gasteiger charge is 2.13. The molecule has 0 saturated carbocycles. The maximum atomic E-state index is 5.79. The number of hydrogen-bond donors (Lipinski definition) is 1. The van der Waals surface area contributed by atoms with Crippen LogP contribution in [0.2, 0.25) is 5.28 Å². The van der Waals surface area contributed by atoms with Gasteiger partial charge in [-0.1, -0.05) is 6.92 Å². The highest BCUT2D eigenvalue weighted by molar-refractivity contribution is 7.11. The van der Waals surface area contributed by atoms with Gasteiger partial charge in [-0.05, 0) is 24.9 Å². The Kier molecular flexibility index (Phi) is 4.49. The van der Waals surface area contributed by atoms with E-state index in [4.69, 9.17) is 16.3 Å². The fourth-order valence-corrected chi connectivity index (χ4v) is 2.44. The molecule has 0 aliphatic heterocycles. The molecule has 2 aromatic heterocycles. The van der Waals surface area contributed by atoms with Gasteiger partial charge in [-0.25, -0.2) is 4.98 Å². The van der Waals surface area contributed by atoms with E-state index in [1.54, 1.807) is 11.3 Å². The number of rotatable bonds is 5. The molecule has 6 nitrogen and oxygen atoms in total. The van der Waals surface area contributed by atoms with E-state index in [0.717, 1.165) is 11.4 Å². The van der Waals surface area contributed by atoms with Crippen molar-refractivity contribution in [2.24, 2.45) is 0 Å². The monoisotopic (exact) mass is 299 g/mol. The Morgan fingerprint density at radius 1 is 1.42 bits per heavy atom. The molecule has 1 atom stereocenters. The van der Waals surface area contributed by atoms with Crippen LogP contribution in [0.25, 0.3) is 0 Å². The number of hydrogen-bond acceptors (Lipinski definition) is 7. The molecule has 1 unspecified atom stereocenters. The van der Waals surface area contributed by atoms with Gasteiger partial charge >= 0.3 is 6.01 Å². The van der Waals surface area contributed by atoms with Crippen LogP contribution in [0.5, 0.6) is 6.01 Å². The van der Waals surface area contributed by atoms with Crippen molar-refractivity contribution in [1.29, 1.82) is 0 Å². The van der Waals surface area contributed by atoms with Gasteiger partial charge in [-0.3, -0.25) is 0 Å². The molecule has 0 aliphatic carbocycles. The molecule has 102 valence electrons. The maximum Gasteiger partial charge on any atom is 0.322 e. The van der Waals surface area contributed by atoms with Gasteiger partial charge in [0.15, 0.2) is 0 Å². The van der Waals surface area contributed by atoms with E-state index in [-0.39, 0.29) is 17.3 Å². The third-order valence-corrected chi connectivity index (χ3v) is 3.90. The van der Waals surface area contributed by atoms with Crippen molar-refractivity contribution in [3.63, 3.8) is 0 Å². The molecule has 0 aliphatic rings. The van der Waals surface area contributed by atoms with Crippen molar-refractivity contribution in [3.8, 4) is 6.01 Å². The van der Waals surface area contributed by atoms with Crippen molar-refractivity contribution in [3.05, 3.63) is 21.4 Å². The summed E-state index contributed by atoms with van der Waals surface area (Å²) >= 11 is 7.45. The molecule has 0 radical (unpaired) electrons. The predicted molar refractivity (Wildman–Crippen MR) is 74.9 cm³/mol. The summed E-state index contributed by atoms with van der Waals surface area (Å²) in [6, 6.07) is 0.177. The fraction of sp³-hybridized carbons (Fsp3) is 0.455. The minimum atomic E-state index is -0.00604. The Balaban J connectivity index is 2.13. The second-order valence-corrected chi connectivity index (χ2v) is 5.28. The largest absolute Gasteiger partial charge is 0.467 e. The fourth-order valence-electron chi connectivity index (χ4n) is 1.43. The normalized spacial score (nSPS) is 12.2. The average molecular weight is 300 g/mol. The van der Waals surface area contributed by atoms with Crippen molar-refractivity contribution in [1.82, 2.24) is 19.9 Å². The van der Waals surface area contributed by atoms with E-state index in [1.807, 2.05) is 13.1 Å². The second kappa shape index (κ2) is 6.12. The molecule has 0 bridgehead atoms. The minimum Gasteiger partial charge on any atom is -0.467 e. The molecular formula is C11H14ClN5OS. The van der Waals surface area contributed by atoms with E-state index in [2.05, 4.69) is 32.2 Å². The first kappa shape index (κ1) is 14.0. The van der Waals surface area contributed by atoms with Gasteiger partial charge < -0.3 is 10.1 Å². The van der Waals surface area contributed by atoms with E-state index >= 15 is 0 Å². The zero-order chi connectivity index (χ0) is 13.8. The van der Waals surface area contributed by atoms with E-state index in [0.29, 0.717) is 5.95 Å². The van der Waals surface area contributed by atoms with Crippen LogP contribution in [0.15, 0.2) is 6.20 Å². The Morgan fingerprint density at radius 3 is 2.84 bits per heavy atom. The zero-order valence-electron chi connectivity index (χ0n) is 10.8. The molecule has 0 saturated heterocycles. The first-order chi connectivity index (χ1) is 9.12. The number of thiazole rings is 1. The number of nitrogens with one attached hydrogen (secondary N) is 1. The van der Waals surface area contributed by atoms with Gasteiger partial charge in [-0.15, -0.1) is 11.3 Å². The lowest BCUT2D eigenvalue weighted by molar-refractivity contribution is 0.378. The lowest BCUT2D eigenvalue weighted by atomic mass is 10.3. The van der Waals surface area contributed by atoms with Crippen LogP contribution in [0, 0.1) is 0 Å². The summed E-state index contributed by atoms with van der Waals surface area (Å²) in [5.41, 5.74) is 0. The van der Waals surface area contributed by atoms with Crippen LogP contribution in [0.1, 0.15) is 29.8 Å². The summed E-state index contributed by atoms with van der Waals surface area (Å²) in [6.07, 6.45) is 2.87. The number of halogens is 1. The molecular weight excluding hydrogens is 286 g/mol. The highest BCUT2D eigenvalue weighted by Crippen LogP contribution is 2.23. The zero-order valence-corrected chi connectivity index (χ0v) is 12.4. The lowest BCUT2D eigenvalue weighted by Crippen LogP contribution is -2.10. The highest BCUT2D eigenvalue weighted by atomic mass is 35.5. The molecule has 0 fully saturated rings. The minimum absolute atomic E-state index is 0.00604. The Labute approximate surface area is 120 Å². The Morgan fingerprint density at radius 2 is 2.21 bits per heavy atom. The van der Waals surface area contributed by atoms with E-state index in [1.165, 1.54) is 12.0 Å². The third-order valence-electron chi connectivity index (χ3n) is 2.41. The van der Waals surface area contributed by atoms with Gasteiger partial charge in [-0.2, -0.15) is 15.0 Å². The van der Waals surface area contributed by atoms with Crippen molar-refractivity contribution in [2.75, 3.05) is 12.4 Å². The SMILES string of the molecule is CCc1cnc(C(C)Nc2nc(Cl)nc(OC)n2)s1. The average Bonchev–Trinajstić information content (AvgIpc) is 2.86. The maximum absolute atomic E-state index is 5.79. The number of nitrogens with zero attached hydrogens (tertiary/aromatic N) is 4. The van der Waals surface area contributed by atoms with Gasteiger partial charge in [0, 0.05) is 11.1 Å². The quantitative estimate of drug-likeness (QED) is 0.915. The molecule has 1 N–H and O–H groups in total. The van der Waals surface area contributed by atoms with Crippen molar-refractivity contribution < 1.29 is 4.74 Å². The molecule has 0 spiro atoms. The number of aromatic nitrogens is 4. The standard InChI is InChI=1S/C11H14ClN5OS/c1-4-7-5-13-8(19-7)6(2)14-10-15-9(12)16-11(17-10)18-3/h5-6H,4H2,1-3H3,(H,14,15,16,17). The van der Waals surface area contributed by atoms with Crippen LogP contribution in [0.3, 0.4) is 0 Å². The van der Waals surface area contributed by atoms with Crippen molar-refractivity contribution >= 4 is 28.9 Å². The third kappa shape index (κ3) is 3.51. The van der Waals surface area contributed by atoms with Crippen LogP contribution >= 0.6 is 22.9 Å². The van der Waals surface area contributed by atoms with Crippen molar-refractivity contribution in [2.45, 2.75) is 26.3 Å². The summed E-state index contributed by atoms with van der Waals surface area (Å²) in [6.45, 7) is 4.09. The topological polar surface area (TPSA) is 72.8 Å². The molecule has 0 amide bonds. The van der Waals surface area contributed by atoms with Gasteiger partial charge in [0.2, 0.25) is 11.2 Å². The molecule has 8 heteroatoms. The van der Waals surface area contributed by atoms with Crippen LogP contribution in [-0.2, 0) is 6.42 Å². The Hall–Kier alpha value is -1.47. The Bertz CT molecular complexity index is 562. The molecule has 2 heterocycles. The van der Waals surface area contributed by atoms with Crippen LogP contribution < -0.4 is 10.1 Å². The summed E-state index contributed by atoms with van der Waals surface area (Å²) in [5.74, 6) is 0.373. The number of aryl methyl sites for hydroxylation is 1. The number of anilines is 1. The van der Waals surface area contributed by atoms with E-state index < -0.39 is 0 Å². The van der Waals surface area contributed by atoms with Gasteiger partial charge in [0.05, 0.1) is 13.2 Å². The molecule has 0 aromatic carbocycles. The van der Waals surface area contributed by atoms with E-state index in [9.17, 15) is 0 Å². The van der Waals surface area contributed by atoms with Gasteiger partial charge in [0.1, 0.15) is 5.01 Å². The van der Waals surface area contributed by atoms with Crippen LogP contribution in [0.4, 0.5) is 5.95 Å². The summed E-state index contributed by atoms with van der Waals surface area (Å²) < 4.78 is 4.94. The lowest BCUT2D eigenvalue weighted by Gasteiger charge is -2.11. The second-order valence-electron chi connectivity index (χ2n) is 3.80.